The lowest BCUT2D eigenvalue weighted by Gasteiger charge is -2.09. The van der Waals surface area contributed by atoms with E-state index in [1.54, 1.807) is 13.0 Å². The third-order valence-electron chi connectivity index (χ3n) is 2.17. The maximum Gasteiger partial charge on any atom is 0.441 e. The van der Waals surface area contributed by atoms with Crippen molar-refractivity contribution in [3.8, 4) is 0 Å². The lowest BCUT2D eigenvalue weighted by molar-refractivity contribution is -0.0326. The SMILES string of the molecule is Cc1ccc(N)cc1S(=O)(=O)CCSC(F)(F)F. The van der Waals surface area contributed by atoms with Crippen LogP contribution in [0.3, 0.4) is 0 Å². The quantitative estimate of drug-likeness (QED) is 0.868. The monoisotopic (exact) mass is 299 g/mol. The van der Waals surface area contributed by atoms with Crippen molar-refractivity contribution in [2.75, 3.05) is 17.2 Å². The highest BCUT2D eigenvalue weighted by molar-refractivity contribution is 8.01. The predicted molar refractivity (Wildman–Crippen MR) is 66.2 cm³/mol. The van der Waals surface area contributed by atoms with E-state index in [1.807, 2.05) is 0 Å². The number of alkyl halides is 3. The van der Waals surface area contributed by atoms with E-state index in [0.717, 1.165) is 0 Å². The van der Waals surface area contributed by atoms with E-state index in [9.17, 15) is 21.6 Å². The average Bonchev–Trinajstić information content (AvgIpc) is 2.19. The molecule has 0 aliphatic heterocycles. The van der Waals surface area contributed by atoms with Crippen LogP contribution in [-0.4, -0.2) is 25.4 Å². The molecule has 0 bridgehead atoms. The van der Waals surface area contributed by atoms with Gasteiger partial charge in [-0.15, -0.1) is 0 Å². The molecule has 0 spiro atoms. The van der Waals surface area contributed by atoms with Gasteiger partial charge in [-0.3, -0.25) is 0 Å². The second-order valence-electron chi connectivity index (χ2n) is 3.64. The predicted octanol–water partition coefficient (Wildman–Crippen LogP) is 2.60. The van der Waals surface area contributed by atoms with Gasteiger partial charge in [0.2, 0.25) is 0 Å². The van der Waals surface area contributed by atoms with Crippen LogP contribution in [0.25, 0.3) is 0 Å². The zero-order valence-corrected chi connectivity index (χ0v) is 11.1. The Morgan fingerprint density at radius 2 is 1.94 bits per heavy atom. The van der Waals surface area contributed by atoms with Crippen LogP contribution >= 0.6 is 11.8 Å². The lowest BCUT2D eigenvalue weighted by Crippen LogP contribution is -2.13. The normalized spacial score (nSPS) is 12.7. The highest BCUT2D eigenvalue weighted by Gasteiger charge is 2.29. The van der Waals surface area contributed by atoms with Gasteiger partial charge in [-0.05, 0) is 36.4 Å². The fraction of sp³-hybridized carbons (Fsp3) is 0.400. The molecule has 0 aromatic heterocycles. The van der Waals surface area contributed by atoms with Gasteiger partial charge in [-0.2, -0.15) is 13.2 Å². The number of benzene rings is 1. The van der Waals surface area contributed by atoms with Crippen molar-refractivity contribution < 1.29 is 21.6 Å². The van der Waals surface area contributed by atoms with Gasteiger partial charge in [0.15, 0.2) is 9.84 Å². The summed E-state index contributed by atoms with van der Waals surface area (Å²) >= 11 is -0.345. The summed E-state index contributed by atoms with van der Waals surface area (Å²) in [5.41, 5.74) is 1.80. The minimum absolute atomic E-state index is 0.00901. The Bertz CT molecular complexity index is 526. The number of anilines is 1. The van der Waals surface area contributed by atoms with E-state index in [-0.39, 0.29) is 22.3 Å². The van der Waals surface area contributed by atoms with Gasteiger partial charge in [0, 0.05) is 11.4 Å². The Kier molecular flexibility index (Phi) is 4.55. The molecule has 0 amide bonds. The van der Waals surface area contributed by atoms with Crippen LogP contribution in [0.2, 0.25) is 0 Å². The smallest absolute Gasteiger partial charge is 0.399 e. The fourth-order valence-electron chi connectivity index (χ4n) is 1.33. The fourth-order valence-corrected chi connectivity index (χ4v) is 3.87. The van der Waals surface area contributed by atoms with E-state index in [0.29, 0.717) is 5.56 Å². The van der Waals surface area contributed by atoms with Crippen LogP contribution in [0.5, 0.6) is 0 Å². The maximum atomic E-state index is 11.9. The minimum atomic E-state index is -4.42. The Morgan fingerprint density at radius 3 is 2.50 bits per heavy atom. The summed E-state index contributed by atoms with van der Waals surface area (Å²) < 4.78 is 59.5. The standard InChI is InChI=1S/C10H12F3NO2S2/c1-7-2-3-8(14)6-9(7)18(15,16)5-4-17-10(11,12)13/h2-3,6H,4-5,14H2,1H3. The molecule has 1 rings (SSSR count). The number of thioether (sulfide) groups is 1. The molecule has 0 heterocycles. The number of nitrogen functional groups attached to an aromatic ring is 1. The van der Waals surface area contributed by atoms with Crippen molar-refractivity contribution in [2.24, 2.45) is 0 Å². The number of hydrogen-bond donors (Lipinski definition) is 1. The Hall–Kier alpha value is -0.890. The molecule has 0 atom stereocenters. The van der Waals surface area contributed by atoms with Crippen molar-refractivity contribution in [2.45, 2.75) is 17.3 Å². The van der Waals surface area contributed by atoms with Crippen LogP contribution in [0, 0.1) is 6.92 Å². The van der Waals surface area contributed by atoms with Gasteiger partial charge in [-0.1, -0.05) is 6.07 Å². The molecule has 0 aliphatic carbocycles. The first-order valence-electron chi connectivity index (χ1n) is 4.91. The molecule has 18 heavy (non-hydrogen) atoms. The topological polar surface area (TPSA) is 60.2 Å². The van der Waals surface area contributed by atoms with E-state index >= 15 is 0 Å². The van der Waals surface area contributed by atoms with E-state index in [4.69, 9.17) is 5.73 Å². The van der Waals surface area contributed by atoms with Gasteiger partial charge in [-0.25, -0.2) is 8.42 Å². The average molecular weight is 299 g/mol. The van der Waals surface area contributed by atoms with Gasteiger partial charge in [0.1, 0.15) is 0 Å². The van der Waals surface area contributed by atoms with Crippen molar-refractivity contribution in [1.82, 2.24) is 0 Å². The molecule has 0 saturated carbocycles. The summed E-state index contributed by atoms with van der Waals surface area (Å²) in [4.78, 5) is -0.00901. The van der Waals surface area contributed by atoms with Crippen LogP contribution in [-0.2, 0) is 9.84 Å². The first-order valence-corrected chi connectivity index (χ1v) is 7.55. The second kappa shape index (κ2) is 5.40. The molecule has 102 valence electrons. The highest BCUT2D eigenvalue weighted by Crippen LogP contribution is 2.30. The van der Waals surface area contributed by atoms with Crippen molar-refractivity contribution in [1.29, 1.82) is 0 Å². The summed E-state index contributed by atoms with van der Waals surface area (Å²) in [6.07, 6.45) is 0. The van der Waals surface area contributed by atoms with Gasteiger partial charge in [0.05, 0.1) is 10.6 Å². The first-order chi connectivity index (χ1) is 8.12. The summed E-state index contributed by atoms with van der Waals surface area (Å²) in [5.74, 6) is -1.10. The molecule has 2 N–H and O–H groups in total. The van der Waals surface area contributed by atoms with Crippen molar-refractivity contribution in [3.63, 3.8) is 0 Å². The number of hydrogen-bond acceptors (Lipinski definition) is 4. The molecule has 0 fully saturated rings. The number of nitrogens with two attached hydrogens (primary N) is 1. The van der Waals surface area contributed by atoms with E-state index < -0.39 is 26.9 Å². The van der Waals surface area contributed by atoms with Crippen LogP contribution in [0.15, 0.2) is 23.1 Å². The zero-order chi connectivity index (χ0) is 14.0. The van der Waals surface area contributed by atoms with Gasteiger partial charge in [0.25, 0.3) is 0 Å². The van der Waals surface area contributed by atoms with Crippen LogP contribution in [0.4, 0.5) is 18.9 Å². The van der Waals surface area contributed by atoms with E-state index in [2.05, 4.69) is 0 Å². The molecule has 0 saturated heterocycles. The molecular weight excluding hydrogens is 287 g/mol. The van der Waals surface area contributed by atoms with Crippen LogP contribution in [0.1, 0.15) is 5.56 Å². The van der Waals surface area contributed by atoms with Gasteiger partial charge >= 0.3 is 5.51 Å². The summed E-state index contributed by atoms with van der Waals surface area (Å²) in [5, 5.41) is 0. The number of sulfone groups is 1. The number of aryl methyl sites for hydroxylation is 1. The van der Waals surface area contributed by atoms with Crippen molar-refractivity contribution >= 4 is 27.3 Å². The third-order valence-corrected chi connectivity index (χ3v) is 5.01. The largest absolute Gasteiger partial charge is 0.441 e. The van der Waals surface area contributed by atoms with Gasteiger partial charge < -0.3 is 5.73 Å². The number of halogens is 3. The van der Waals surface area contributed by atoms with E-state index in [1.165, 1.54) is 12.1 Å². The highest BCUT2D eigenvalue weighted by atomic mass is 32.2. The van der Waals surface area contributed by atoms with Crippen LogP contribution < -0.4 is 5.73 Å². The molecule has 8 heteroatoms. The molecule has 3 nitrogen and oxygen atoms in total. The summed E-state index contributed by atoms with van der Waals surface area (Å²) in [6, 6.07) is 4.33. The summed E-state index contributed by atoms with van der Waals surface area (Å²) in [6.45, 7) is 1.57. The Balaban J connectivity index is 2.84. The third kappa shape index (κ3) is 4.41. The minimum Gasteiger partial charge on any atom is -0.399 e. The molecule has 1 aromatic carbocycles. The molecule has 0 radical (unpaired) electrons. The lowest BCUT2D eigenvalue weighted by atomic mass is 10.2. The maximum absolute atomic E-state index is 11.9. The summed E-state index contributed by atoms with van der Waals surface area (Å²) in [7, 11) is -3.74. The molecule has 0 unspecified atom stereocenters. The Morgan fingerprint density at radius 1 is 1.33 bits per heavy atom. The Labute approximate surface area is 107 Å². The first kappa shape index (κ1) is 15.2. The van der Waals surface area contributed by atoms with Crippen molar-refractivity contribution in [3.05, 3.63) is 23.8 Å². The second-order valence-corrected chi connectivity index (χ2v) is 6.88. The molecular formula is C10H12F3NO2S2. The molecule has 0 aliphatic rings. The number of rotatable bonds is 4. The molecule has 1 aromatic rings. The zero-order valence-electron chi connectivity index (χ0n) is 9.49.